The lowest BCUT2D eigenvalue weighted by atomic mass is 9.99. The van der Waals surface area contributed by atoms with Crippen LogP contribution in [0.2, 0.25) is 0 Å². The fourth-order valence-corrected chi connectivity index (χ4v) is 3.11. The monoisotopic (exact) mass is 377 g/mol. The summed E-state index contributed by atoms with van der Waals surface area (Å²) in [6.45, 7) is 6.99. The van der Waals surface area contributed by atoms with E-state index in [9.17, 15) is 19.7 Å². The van der Waals surface area contributed by atoms with Gasteiger partial charge in [0, 0.05) is 25.2 Å². The average molecular weight is 377 g/mol. The standard InChI is InChI=1S/C19H27N3O5/c1-4-14(3)20-18(23)12-27-19(24)15-7-8-16(17(10-15)22(25)26)21-9-5-6-13(2)11-21/h7-8,10,13-14H,4-6,9,11-12H2,1-3H3,(H,20,23)/t13-,14-/m0/s1. The number of hydrogen-bond donors (Lipinski definition) is 1. The van der Waals surface area contributed by atoms with E-state index in [1.54, 1.807) is 6.07 Å². The van der Waals surface area contributed by atoms with Crippen molar-refractivity contribution >= 4 is 23.3 Å². The van der Waals surface area contributed by atoms with Gasteiger partial charge in [-0.3, -0.25) is 14.9 Å². The minimum atomic E-state index is -0.754. The zero-order chi connectivity index (χ0) is 20.0. The van der Waals surface area contributed by atoms with Crippen LogP contribution in [0.3, 0.4) is 0 Å². The van der Waals surface area contributed by atoms with Crippen LogP contribution >= 0.6 is 0 Å². The van der Waals surface area contributed by atoms with Crippen LogP contribution in [0.25, 0.3) is 0 Å². The Morgan fingerprint density at radius 3 is 2.81 bits per heavy atom. The summed E-state index contributed by atoms with van der Waals surface area (Å²) >= 11 is 0. The van der Waals surface area contributed by atoms with Crippen molar-refractivity contribution in [3.63, 3.8) is 0 Å². The molecule has 1 N–H and O–H groups in total. The molecule has 1 heterocycles. The number of nitro benzene ring substituents is 1. The van der Waals surface area contributed by atoms with E-state index in [4.69, 9.17) is 4.74 Å². The molecular formula is C19H27N3O5. The lowest BCUT2D eigenvalue weighted by Gasteiger charge is -2.32. The fourth-order valence-electron chi connectivity index (χ4n) is 3.11. The SMILES string of the molecule is CC[C@H](C)NC(=O)COC(=O)c1ccc(N2CCC[C@H](C)C2)c([N+](=O)[O-])c1. The smallest absolute Gasteiger partial charge is 0.338 e. The molecule has 2 atom stereocenters. The van der Waals surface area contributed by atoms with Gasteiger partial charge in [-0.25, -0.2) is 4.79 Å². The zero-order valence-electron chi connectivity index (χ0n) is 16.1. The second-order valence-corrected chi connectivity index (χ2v) is 7.11. The Balaban J connectivity index is 2.09. The molecule has 0 bridgehead atoms. The van der Waals surface area contributed by atoms with E-state index in [0.717, 1.165) is 32.4 Å². The van der Waals surface area contributed by atoms with Crippen LogP contribution in [0.5, 0.6) is 0 Å². The Labute approximate surface area is 159 Å². The molecule has 0 radical (unpaired) electrons. The highest BCUT2D eigenvalue weighted by Crippen LogP contribution is 2.32. The van der Waals surface area contributed by atoms with Crippen molar-refractivity contribution in [1.82, 2.24) is 5.32 Å². The summed E-state index contributed by atoms with van der Waals surface area (Å²) in [4.78, 5) is 36.9. The summed E-state index contributed by atoms with van der Waals surface area (Å²) in [5.74, 6) is -0.686. The molecule has 1 fully saturated rings. The van der Waals surface area contributed by atoms with Gasteiger partial charge < -0.3 is 15.0 Å². The molecule has 8 nitrogen and oxygen atoms in total. The van der Waals surface area contributed by atoms with E-state index in [0.29, 0.717) is 11.6 Å². The van der Waals surface area contributed by atoms with Gasteiger partial charge in [-0.15, -0.1) is 0 Å². The van der Waals surface area contributed by atoms with Crippen molar-refractivity contribution in [1.29, 1.82) is 0 Å². The molecule has 0 saturated carbocycles. The van der Waals surface area contributed by atoms with Crippen LogP contribution < -0.4 is 10.2 Å². The maximum absolute atomic E-state index is 12.2. The summed E-state index contributed by atoms with van der Waals surface area (Å²) in [7, 11) is 0. The molecule has 1 aromatic carbocycles. The first-order chi connectivity index (χ1) is 12.8. The van der Waals surface area contributed by atoms with Crippen LogP contribution in [-0.2, 0) is 9.53 Å². The molecular weight excluding hydrogens is 350 g/mol. The summed E-state index contributed by atoms with van der Waals surface area (Å²) in [6.07, 6.45) is 2.85. The van der Waals surface area contributed by atoms with Gasteiger partial charge in [0.15, 0.2) is 6.61 Å². The zero-order valence-corrected chi connectivity index (χ0v) is 16.1. The average Bonchev–Trinajstić information content (AvgIpc) is 2.65. The van der Waals surface area contributed by atoms with Gasteiger partial charge in [-0.2, -0.15) is 0 Å². The maximum Gasteiger partial charge on any atom is 0.338 e. The molecule has 2 rings (SSSR count). The highest BCUT2D eigenvalue weighted by molar-refractivity contribution is 5.93. The Bertz CT molecular complexity index is 707. The highest BCUT2D eigenvalue weighted by atomic mass is 16.6. The summed E-state index contributed by atoms with van der Waals surface area (Å²) < 4.78 is 4.99. The second kappa shape index (κ2) is 9.34. The minimum Gasteiger partial charge on any atom is -0.452 e. The van der Waals surface area contributed by atoms with Crippen LogP contribution in [0.1, 0.15) is 50.4 Å². The Kier molecular flexibility index (Phi) is 7.15. The largest absolute Gasteiger partial charge is 0.452 e. The normalized spacial score (nSPS) is 17.9. The molecule has 0 spiro atoms. The number of piperidine rings is 1. The van der Waals surface area contributed by atoms with Crippen molar-refractivity contribution < 1.29 is 19.2 Å². The number of ether oxygens (including phenoxy) is 1. The van der Waals surface area contributed by atoms with Gasteiger partial charge >= 0.3 is 5.97 Å². The van der Waals surface area contributed by atoms with E-state index in [1.807, 2.05) is 18.7 Å². The molecule has 0 aliphatic carbocycles. The third kappa shape index (κ3) is 5.67. The van der Waals surface area contributed by atoms with E-state index in [2.05, 4.69) is 12.2 Å². The molecule has 1 amide bonds. The lowest BCUT2D eigenvalue weighted by molar-refractivity contribution is -0.384. The van der Waals surface area contributed by atoms with Crippen molar-refractivity contribution in [2.45, 2.75) is 46.1 Å². The van der Waals surface area contributed by atoms with Crippen molar-refractivity contribution in [3.05, 3.63) is 33.9 Å². The van der Waals surface area contributed by atoms with Gasteiger partial charge in [0.05, 0.1) is 10.5 Å². The molecule has 1 saturated heterocycles. The van der Waals surface area contributed by atoms with Crippen molar-refractivity contribution in [3.8, 4) is 0 Å². The van der Waals surface area contributed by atoms with Crippen molar-refractivity contribution in [2.75, 3.05) is 24.6 Å². The minimum absolute atomic E-state index is 0.0106. The summed E-state index contributed by atoms with van der Waals surface area (Å²) in [5.41, 5.74) is 0.451. The Morgan fingerprint density at radius 1 is 1.44 bits per heavy atom. The fraction of sp³-hybridized carbons (Fsp3) is 0.579. The highest BCUT2D eigenvalue weighted by Gasteiger charge is 2.25. The van der Waals surface area contributed by atoms with E-state index < -0.39 is 23.4 Å². The lowest BCUT2D eigenvalue weighted by Crippen LogP contribution is -2.35. The summed E-state index contributed by atoms with van der Waals surface area (Å²) in [5, 5.41) is 14.2. The van der Waals surface area contributed by atoms with E-state index in [1.165, 1.54) is 12.1 Å². The predicted octanol–water partition coefficient (Wildman–Crippen LogP) is 2.90. The van der Waals surface area contributed by atoms with Gasteiger partial charge in [-0.1, -0.05) is 13.8 Å². The van der Waals surface area contributed by atoms with Crippen LogP contribution in [0.15, 0.2) is 18.2 Å². The van der Waals surface area contributed by atoms with Gasteiger partial charge in [0.1, 0.15) is 5.69 Å². The van der Waals surface area contributed by atoms with E-state index in [-0.39, 0.29) is 17.3 Å². The molecule has 148 valence electrons. The Morgan fingerprint density at radius 2 is 2.19 bits per heavy atom. The first-order valence-corrected chi connectivity index (χ1v) is 9.31. The van der Waals surface area contributed by atoms with E-state index >= 15 is 0 Å². The number of anilines is 1. The Hall–Kier alpha value is -2.64. The third-order valence-corrected chi connectivity index (χ3v) is 4.76. The van der Waals surface area contributed by atoms with Gasteiger partial charge in [-0.05, 0) is 44.2 Å². The molecule has 1 aliphatic rings. The number of carbonyl (C=O) groups excluding carboxylic acids is 2. The number of nitro groups is 1. The number of hydrogen-bond acceptors (Lipinski definition) is 6. The first kappa shape index (κ1) is 20.7. The topological polar surface area (TPSA) is 102 Å². The quantitative estimate of drug-likeness (QED) is 0.445. The number of nitrogens with zero attached hydrogens (tertiary/aromatic N) is 2. The number of carbonyl (C=O) groups is 2. The van der Waals surface area contributed by atoms with Gasteiger partial charge in [0.2, 0.25) is 0 Å². The number of benzene rings is 1. The van der Waals surface area contributed by atoms with Crippen LogP contribution in [-0.4, -0.2) is 42.5 Å². The summed E-state index contributed by atoms with van der Waals surface area (Å²) in [6, 6.07) is 4.31. The van der Waals surface area contributed by atoms with Crippen molar-refractivity contribution in [2.24, 2.45) is 5.92 Å². The van der Waals surface area contributed by atoms with Gasteiger partial charge in [0.25, 0.3) is 11.6 Å². The molecule has 8 heteroatoms. The predicted molar refractivity (Wildman–Crippen MR) is 102 cm³/mol. The number of esters is 1. The van der Waals surface area contributed by atoms with Crippen LogP contribution in [0, 0.1) is 16.0 Å². The number of nitrogens with one attached hydrogen (secondary N) is 1. The van der Waals surface area contributed by atoms with Crippen LogP contribution in [0.4, 0.5) is 11.4 Å². The molecule has 1 aliphatic heterocycles. The maximum atomic E-state index is 12.2. The molecule has 0 unspecified atom stereocenters. The third-order valence-electron chi connectivity index (χ3n) is 4.76. The molecule has 1 aromatic rings. The number of rotatable bonds is 7. The molecule has 0 aromatic heterocycles. The number of amides is 1. The second-order valence-electron chi connectivity index (χ2n) is 7.11. The first-order valence-electron chi connectivity index (χ1n) is 9.31. The molecule has 27 heavy (non-hydrogen) atoms.